The van der Waals surface area contributed by atoms with Crippen LogP contribution in [0.3, 0.4) is 0 Å². The maximum Gasteiger partial charge on any atom is 0.261 e. The summed E-state index contributed by atoms with van der Waals surface area (Å²) >= 11 is 0. The highest BCUT2D eigenvalue weighted by Crippen LogP contribution is 2.20. The predicted molar refractivity (Wildman–Crippen MR) is 74.3 cm³/mol. The van der Waals surface area contributed by atoms with Crippen LogP contribution in [-0.4, -0.2) is 26.5 Å². The molecule has 1 atom stereocenters. The number of nitrogens with two attached hydrogens (primary N) is 1. The highest BCUT2D eigenvalue weighted by atomic mass is 16.5. The first-order valence-electron chi connectivity index (χ1n) is 6.42. The monoisotopic (exact) mass is 269 g/mol. The molecule has 0 aliphatic heterocycles. The van der Waals surface area contributed by atoms with E-state index in [4.69, 9.17) is 10.3 Å². The van der Waals surface area contributed by atoms with Gasteiger partial charge in [-0.05, 0) is 12.1 Å². The van der Waals surface area contributed by atoms with Gasteiger partial charge >= 0.3 is 0 Å². The molecule has 0 saturated heterocycles. The molecule has 20 heavy (non-hydrogen) atoms. The fourth-order valence-corrected chi connectivity index (χ4v) is 1.81. The van der Waals surface area contributed by atoms with Crippen LogP contribution in [0.25, 0.3) is 17.1 Å². The molecular formula is C14H15N5O. The second-order valence-corrected chi connectivity index (χ2v) is 4.60. The molecule has 2 aromatic heterocycles. The number of aromatic nitrogens is 4. The van der Waals surface area contributed by atoms with Crippen molar-refractivity contribution in [3.8, 4) is 17.1 Å². The van der Waals surface area contributed by atoms with Gasteiger partial charge < -0.3 is 10.3 Å². The summed E-state index contributed by atoms with van der Waals surface area (Å²) in [6.45, 7) is 2.45. The molecule has 102 valence electrons. The Hall–Kier alpha value is -2.47. The van der Waals surface area contributed by atoms with Crippen LogP contribution in [0.1, 0.15) is 18.7 Å². The van der Waals surface area contributed by atoms with Gasteiger partial charge in [-0.25, -0.2) is 4.68 Å². The lowest BCUT2D eigenvalue weighted by Gasteiger charge is -1.99. The molecule has 0 aliphatic rings. The number of nitrogens with zero attached hydrogens (tertiary/aromatic N) is 4. The molecule has 6 heteroatoms. The maximum absolute atomic E-state index is 5.59. The lowest BCUT2D eigenvalue weighted by Crippen LogP contribution is -2.10. The van der Waals surface area contributed by atoms with Crippen LogP contribution in [0.2, 0.25) is 0 Å². The third kappa shape index (κ3) is 2.33. The minimum absolute atomic E-state index is 0.0802. The van der Waals surface area contributed by atoms with Crippen molar-refractivity contribution in [1.82, 2.24) is 19.9 Å². The Labute approximate surface area is 116 Å². The van der Waals surface area contributed by atoms with E-state index >= 15 is 0 Å². The Bertz CT molecular complexity index is 688. The summed E-state index contributed by atoms with van der Waals surface area (Å²) in [7, 11) is 0. The van der Waals surface area contributed by atoms with Crippen LogP contribution in [0.5, 0.6) is 0 Å². The number of para-hydroxylation sites is 1. The largest absolute Gasteiger partial charge is 0.334 e. The first-order chi connectivity index (χ1) is 9.78. The van der Waals surface area contributed by atoms with E-state index in [1.807, 2.05) is 43.5 Å². The van der Waals surface area contributed by atoms with Crippen molar-refractivity contribution >= 4 is 0 Å². The fourth-order valence-electron chi connectivity index (χ4n) is 1.81. The molecule has 1 aromatic carbocycles. The van der Waals surface area contributed by atoms with Crippen LogP contribution in [0.4, 0.5) is 0 Å². The van der Waals surface area contributed by atoms with E-state index in [0.29, 0.717) is 18.3 Å². The van der Waals surface area contributed by atoms with Gasteiger partial charge in [0, 0.05) is 18.7 Å². The molecule has 2 N–H and O–H groups in total. The smallest absolute Gasteiger partial charge is 0.261 e. The second-order valence-electron chi connectivity index (χ2n) is 4.60. The van der Waals surface area contributed by atoms with Crippen molar-refractivity contribution in [3.05, 3.63) is 48.5 Å². The van der Waals surface area contributed by atoms with Gasteiger partial charge in [0.05, 0.1) is 17.4 Å². The van der Waals surface area contributed by atoms with Gasteiger partial charge in [0.1, 0.15) is 0 Å². The van der Waals surface area contributed by atoms with E-state index in [9.17, 15) is 0 Å². The molecule has 0 fully saturated rings. The summed E-state index contributed by atoms with van der Waals surface area (Å²) in [6.07, 6.45) is 3.57. The van der Waals surface area contributed by atoms with Gasteiger partial charge in [-0.3, -0.25) is 0 Å². The number of rotatable bonds is 4. The summed E-state index contributed by atoms with van der Waals surface area (Å²) in [5, 5.41) is 8.24. The highest BCUT2D eigenvalue weighted by Gasteiger charge is 2.15. The standard InChI is InChI=1S/C14H15N5O/c1-10(7-15)13-17-14(20-18-13)11-8-16-19(9-11)12-5-3-2-4-6-12/h2-6,8-10H,7,15H2,1H3. The molecule has 6 nitrogen and oxygen atoms in total. The van der Waals surface area contributed by atoms with Crippen molar-refractivity contribution in [2.75, 3.05) is 6.54 Å². The Kier molecular flexibility index (Phi) is 3.30. The number of hydrogen-bond donors (Lipinski definition) is 1. The van der Waals surface area contributed by atoms with Crippen LogP contribution in [-0.2, 0) is 0 Å². The summed E-state index contributed by atoms with van der Waals surface area (Å²) in [5.74, 6) is 1.16. The third-order valence-electron chi connectivity index (χ3n) is 3.09. The van der Waals surface area contributed by atoms with Gasteiger partial charge in [-0.2, -0.15) is 10.1 Å². The van der Waals surface area contributed by atoms with Gasteiger partial charge in [-0.1, -0.05) is 30.3 Å². The molecule has 0 bridgehead atoms. The quantitative estimate of drug-likeness (QED) is 0.783. The Morgan fingerprint density at radius 1 is 1.30 bits per heavy atom. The average Bonchev–Trinajstić information content (AvgIpc) is 3.16. The van der Waals surface area contributed by atoms with Crippen LogP contribution >= 0.6 is 0 Å². The van der Waals surface area contributed by atoms with Crippen molar-refractivity contribution in [2.45, 2.75) is 12.8 Å². The second kappa shape index (κ2) is 5.26. The van der Waals surface area contributed by atoms with Crippen molar-refractivity contribution < 1.29 is 4.52 Å². The Balaban J connectivity index is 1.89. The Morgan fingerprint density at radius 2 is 2.10 bits per heavy atom. The summed E-state index contributed by atoms with van der Waals surface area (Å²) in [5.41, 5.74) is 7.36. The molecule has 0 spiro atoms. The van der Waals surface area contributed by atoms with Gasteiger partial charge in [-0.15, -0.1) is 0 Å². The number of benzene rings is 1. The summed E-state index contributed by atoms with van der Waals surface area (Å²) < 4.78 is 7.02. The molecule has 1 unspecified atom stereocenters. The number of hydrogen-bond acceptors (Lipinski definition) is 5. The molecule has 0 aliphatic carbocycles. The predicted octanol–water partition coefficient (Wildman–Crippen LogP) is 1.98. The zero-order valence-electron chi connectivity index (χ0n) is 11.1. The van der Waals surface area contributed by atoms with Crippen molar-refractivity contribution in [2.24, 2.45) is 5.73 Å². The van der Waals surface area contributed by atoms with E-state index in [1.165, 1.54) is 0 Å². The minimum Gasteiger partial charge on any atom is -0.334 e. The average molecular weight is 269 g/mol. The Morgan fingerprint density at radius 3 is 2.85 bits per heavy atom. The van der Waals surface area contributed by atoms with Crippen molar-refractivity contribution in [3.63, 3.8) is 0 Å². The SMILES string of the molecule is CC(CN)c1noc(-c2cnn(-c3ccccc3)c2)n1. The topological polar surface area (TPSA) is 82.8 Å². The zero-order chi connectivity index (χ0) is 13.9. The lowest BCUT2D eigenvalue weighted by molar-refractivity contribution is 0.418. The van der Waals surface area contributed by atoms with E-state index in [-0.39, 0.29) is 5.92 Å². The van der Waals surface area contributed by atoms with Crippen molar-refractivity contribution in [1.29, 1.82) is 0 Å². The molecular weight excluding hydrogens is 254 g/mol. The van der Waals surface area contributed by atoms with E-state index < -0.39 is 0 Å². The van der Waals surface area contributed by atoms with Gasteiger partial charge in [0.15, 0.2) is 5.82 Å². The molecule has 3 aromatic rings. The normalized spacial score (nSPS) is 12.5. The highest BCUT2D eigenvalue weighted by molar-refractivity contribution is 5.51. The van der Waals surface area contributed by atoms with Crippen LogP contribution in [0, 0.1) is 0 Å². The summed E-state index contributed by atoms with van der Waals surface area (Å²) in [4.78, 5) is 4.35. The molecule has 0 saturated carbocycles. The molecule has 0 radical (unpaired) electrons. The lowest BCUT2D eigenvalue weighted by atomic mass is 10.2. The van der Waals surface area contributed by atoms with E-state index in [0.717, 1.165) is 11.3 Å². The molecule has 2 heterocycles. The van der Waals surface area contributed by atoms with Crippen LogP contribution < -0.4 is 5.73 Å². The first-order valence-corrected chi connectivity index (χ1v) is 6.42. The molecule has 3 rings (SSSR count). The van der Waals surface area contributed by atoms with Gasteiger partial charge in [0.25, 0.3) is 5.89 Å². The van der Waals surface area contributed by atoms with Gasteiger partial charge in [0.2, 0.25) is 0 Å². The zero-order valence-corrected chi connectivity index (χ0v) is 11.1. The van der Waals surface area contributed by atoms with E-state index in [2.05, 4.69) is 15.2 Å². The maximum atomic E-state index is 5.59. The first kappa shape index (κ1) is 12.6. The summed E-state index contributed by atoms with van der Waals surface area (Å²) in [6, 6.07) is 9.85. The fraction of sp³-hybridized carbons (Fsp3) is 0.214. The third-order valence-corrected chi connectivity index (χ3v) is 3.09. The van der Waals surface area contributed by atoms with E-state index in [1.54, 1.807) is 10.9 Å². The molecule has 0 amide bonds. The minimum atomic E-state index is 0.0802. The van der Waals surface area contributed by atoms with Crippen LogP contribution in [0.15, 0.2) is 47.2 Å².